The first kappa shape index (κ1) is 23.9. The molecule has 1 aliphatic rings. The van der Waals surface area contributed by atoms with Crippen LogP contribution in [0, 0.1) is 6.92 Å². The lowest BCUT2D eigenvalue weighted by Crippen LogP contribution is -2.24. The number of rotatable bonds is 8. The van der Waals surface area contributed by atoms with Crippen molar-refractivity contribution in [3.63, 3.8) is 0 Å². The fourth-order valence-corrected chi connectivity index (χ4v) is 3.72. The number of hydrazone groups is 1. The quantitative estimate of drug-likeness (QED) is 0.481. The van der Waals surface area contributed by atoms with E-state index in [2.05, 4.69) is 15.1 Å². The number of fused-ring (bicyclic) bond motifs is 1. The van der Waals surface area contributed by atoms with E-state index in [-0.39, 0.29) is 60.3 Å². The standard InChI is InChI=1S/C24H25N5O6/c1-3-33-24(32)20-14(2)35-23-21(20)22(25)26-17(27-23)13-34-19(31)10-9-18(30)29-12-11-16(28-29)15-7-5-4-6-8-15/h4-8H,3,9-13H2,1-2H3,(H2,25,26,27). The highest BCUT2D eigenvalue weighted by atomic mass is 16.5. The first-order chi connectivity index (χ1) is 16.9. The number of amides is 1. The number of aromatic nitrogens is 2. The van der Waals surface area contributed by atoms with Crippen LogP contribution < -0.4 is 5.73 Å². The number of aryl methyl sites for hydroxylation is 1. The number of esters is 2. The number of nitrogen functional groups attached to an aromatic ring is 1. The normalized spacial score (nSPS) is 13.1. The molecule has 0 spiro atoms. The fourth-order valence-electron chi connectivity index (χ4n) is 3.72. The van der Waals surface area contributed by atoms with E-state index in [0.29, 0.717) is 18.7 Å². The number of hydrogen-bond acceptors (Lipinski definition) is 10. The number of carbonyl (C=O) groups is 3. The number of carbonyl (C=O) groups excluding carboxylic acids is 3. The largest absolute Gasteiger partial charge is 0.462 e. The number of benzene rings is 1. The van der Waals surface area contributed by atoms with Gasteiger partial charge in [-0.2, -0.15) is 10.1 Å². The van der Waals surface area contributed by atoms with Gasteiger partial charge in [0.2, 0.25) is 11.6 Å². The molecule has 1 aliphatic heterocycles. The van der Waals surface area contributed by atoms with Crippen LogP contribution in [-0.2, 0) is 25.7 Å². The topological polar surface area (TPSA) is 150 Å². The number of anilines is 1. The molecule has 4 rings (SSSR count). The molecule has 0 unspecified atom stereocenters. The molecule has 0 fully saturated rings. The van der Waals surface area contributed by atoms with Crippen molar-refractivity contribution in [2.45, 2.75) is 39.7 Å². The van der Waals surface area contributed by atoms with Crippen LogP contribution >= 0.6 is 0 Å². The molecule has 0 bridgehead atoms. The summed E-state index contributed by atoms with van der Waals surface area (Å²) in [5.74, 6) is -1.01. The fraction of sp³-hybridized carbons (Fsp3) is 0.333. The first-order valence-corrected chi connectivity index (χ1v) is 11.2. The maximum atomic E-state index is 12.4. The van der Waals surface area contributed by atoms with Crippen molar-refractivity contribution >= 4 is 40.5 Å². The highest BCUT2D eigenvalue weighted by Gasteiger charge is 2.25. The Kier molecular flexibility index (Phi) is 7.04. The minimum absolute atomic E-state index is 0.0113. The Bertz CT molecular complexity index is 1300. The van der Waals surface area contributed by atoms with Crippen molar-refractivity contribution in [3.05, 3.63) is 53.0 Å². The number of nitrogens with two attached hydrogens (primary N) is 1. The monoisotopic (exact) mass is 479 g/mol. The van der Waals surface area contributed by atoms with Gasteiger partial charge >= 0.3 is 11.9 Å². The van der Waals surface area contributed by atoms with Crippen LogP contribution in [0.4, 0.5) is 5.82 Å². The van der Waals surface area contributed by atoms with Crippen molar-refractivity contribution in [3.8, 4) is 0 Å². The number of furan rings is 1. The molecule has 1 aromatic carbocycles. The van der Waals surface area contributed by atoms with Gasteiger partial charge < -0.3 is 19.6 Å². The maximum Gasteiger partial charge on any atom is 0.342 e. The van der Waals surface area contributed by atoms with Crippen LogP contribution in [0.15, 0.2) is 39.9 Å². The Morgan fingerprint density at radius 1 is 1.11 bits per heavy atom. The van der Waals surface area contributed by atoms with Gasteiger partial charge in [0, 0.05) is 12.8 Å². The minimum atomic E-state index is -0.588. The Morgan fingerprint density at radius 3 is 2.63 bits per heavy atom. The average molecular weight is 479 g/mol. The van der Waals surface area contributed by atoms with E-state index in [9.17, 15) is 14.4 Å². The second-order valence-electron chi connectivity index (χ2n) is 7.80. The third-order valence-corrected chi connectivity index (χ3v) is 5.38. The van der Waals surface area contributed by atoms with E-state index < -0.39 is 11.9 Å². The Hall–Kier alpha value is -4.28. The van der Waals surface area contributed by atoms with E-state index in [0.717, 1.165) is 11.3 Å². The zero-order valence-corrected chi connectivity index (χ0v) is 19.4. The molecule has 3 heterocycles. The summed E-state index contributed by atoms with van der Waals surface area (Å²) < 4.78 is 15.8. The second kappa shape index (κ2) is 10.3. The molecule has 0 aliphatic carbocycles. The zero-order valence-electron chi connectivity index (χ0n) is 19.4. The number of ether oxygens (including phenoxy) is 2. The molecule has 2 N–H and O–H groups in total. The molecule has 2 aromatic heterocycles. The lowest BCUT2D eigenvalue weighted by molar-refractivity contribution is -0.147. The highest BCUT2D eigenvalue weighted by Crippen LogP contribution is 2.29. The van der Waals surface area contributed by atoms with E-state index >= 15 is 0 Å². The summed E-state index contributed by atoms with van der Waals surface area (Å²) in [6.45, 7) is 3.69. The summed E-state index contributed by atoms with van der Waals surface area (Å²) in [5.41, 5.74) is 8.09. The summed E-state index contributed by atoms with van der Waals surface area (Å²) in [5, 5.41) is 6.01. The Morgan fingerprint density at radius 2 is 1.89 bits per heavy atom. The SMILES string of the molecule is CCOC(=O)c1c(C)oc2nc(COC(=O)CCC(=O)N3CCC(c4ccccc4)=N3)nc(N)c12. The molecule has 0 atom stereocenters. The molecule has 11 heteroatoms. The smallest absolute Gasteiger partial charge is 0.342 e. The van der Waals surface area contributed by atoms with Gasteiger partial charge in [-0.05, 0) is 19.4 Å². The summed E-state index contributed by atoms with van der Waals surface area (Å²) >= 11 is 0. The second-order valence-corrected chi connectivity index (χ2v) is 7.80. The van der Waals surface area contributed by atoms with Gasteiger partial charge in [-0.15, -0.1) is 0 Å². The first-order valence-electron chi connectivity index (χ1n) is 11.2. The minimum Gasteiger partial charge on any atom is -0.462 e. The van der Waals surface area contributed by atoms with Crippen LogP contribution in [0.2, 0.25) is 0 Å². The molecular formula is C24H25N5O6. The van der Waals surface area contributed by atoms with Gasteiger partial charge in [0.25, 0.3) is 0 Å². The van der Waals surface area contributed by atoms with Crippen LogP contribution in [0.5, 0.6) is 0 Å². The molecule has 3 aromatic rings. The molecule has 35 heavy (non-hydrogen) atoms. The molecule has 1 amide bonds. The van der Waals surface area contributed by atoms with Crippen LogP contribution in [0.1, 0.15) is 53.7 Å². The molecule has 182 valence electrons. The van der Waals surface area contributed by atoms with E-state index in [1.165, 1.54) is 5.01 Å². The van der Waals surface area contributed by atoms with Gasteiger partial charge in [0.05, 0.1) is 30.7 Å². The lowest BCUT2D eigenvalue weighted by atomic mass is 10.1. The number of hydrogen-bond donors (Lipinski definition) is 1. The van der Waals surface area contributed by atoms with Crippen LogP contribution in [0.3, 0.4) is 0 Å². The maximum absolute atomic E-state index is 12.4. The summed E-state index contributed by atoms with van der Waals surface area (Å²) in [7, 11) is 0. The van der Waals surface area contributed by atoms with Crippen molar-refractivity contribution in [2.24, 2.45) is 5.10 Å². The molecule has 0 saturated carbocycles. The highest BCUT2D eigenvalue weighted by molar-refractivity contribution is 6.07. The third-order valence-electron chi connectivity index (χ3n) is 5.38. The molecule has 0 saturated heterocycles. The van der Waals surface area contributed by atoms with Crippen LogP contribution in [0.25, 0.3) is 11.1 Å². The van der Waals surface area contributed by atoms with Crippen LogP contribution in [-0.4, -0.2) is 51.7 Å². The van der Waals surface area contributed by atoms with Gasteiger partial charge in [-0.3, -0.25) is 9.59 Å². The summed E-state index contributed by atoms with van der Waals surface area (Å²) in [6.07, 6.45) is 0.508. The third kappa shape index (κ3) is 5.29. The Balaban J connectivity index is 1.32. The van der Waals surface area contributed by atoms with E-state index in [4.69, 9.17) is 19.6 Å². The van der Waals surface area contributed by atoms with Crippen molar-refractivity contribution in [1.29, 1.82) is 0 Å². The molecule has 11 nitrogen and oxygen atoms in total. The van der Waals surface area contributed by atoms with Gasteiger partial charge in [-0.25, -0.2) is 14.8 Å². The lowest BCUT2D eigenvalue weighted by Gasteiger charge is -2.11. The van der Waals surface area contributed by atoms with Gasteiger partial charge in [-0.1, -0.05) is 30.3 Å². The molecule has 0 radical (unpaired) electrons. The van der Waals surface area contributed by atoms with E-state index in [1.54, 1.807) is 13.8 Å². The van der Waals surface area contributed by atoms with E-state index in [1.807, 2.05) is 30.3 Å². The van der Waals surface area contributed by atoms with Crippen molar-refractivity contribution in [1.82, 2.24) is 15.0 Å². The predicted octanol–water partition coefficient (Wildman–Crippen LogP) is 2.75. The summed E-state index contributed by atoms with van der Waals surface area (Å²) in [4.78, 5) is 45.1. The van der Waals surface area contributed by atoms with Crippen molar-refractivity contribution < 1.29 is 28.3 Å². The average Bonchev–Trinajstić information content (AvgIpc) is 3.47. The Labute approximate surface area is 200 Å². The number of nitrogens with zero attached hydrogens (tertiary/aromatic N) is 4. The zero-order chi connectivity index (χ0) is 24.9. The van der Waals surface area contributed by atoms with Gasteiger partial charge in [0.1, 0.15) is 17.1 Å². The summed E-state index contributed by atoms with van der Waals surface area (Å²) in [6, 6.07) is 9.64. The predicted molar refractivity (Wildman–Crippen MR) is 125 cm³/mol. The van der Waals surface area contributed by atoms with Crippen molar-refractivity contribution in [2.75, 3.05) is 18.9 Å². The molecular weight excluding hydrogens is 454 g/mol. The van der Waals surface area contributed by atoms with Gasteiger partial charge in [0.15, 0.2) is 12.4 Å².